The average molecular weight is 402 g/mol. The maximum atomic E-state index is 11.1. The van der Waals surface area contributed by atoms with Gasteiger partial charge in [-0.05, 0) is 56.4 Å². The van der Waals surface area contributed by atoms with E-state index in [0.29, 0.717) is 5.75 Å². The first kappa shape index (κ1) is 18.9. The highest BCUT2D eigenvalue weighted by Crippen LogP contribution is 2.45. The molecular formula is C25H29N4O+. The molecule has 3 aromatic rings. The second-order valence-corrected chi connectivity index (χ2v) is 8.47. The third-order valence-electron chi connectivity index (χ3n) is 6.57. The first-order valence-electron chi connectivity index (χ1n) is 10.8. The summed E-state index contributed by atoms with van der Waals surface area (Å²) < 4.78 is 2.18. The Hall–Kier alpha value is -3.08. The van der Waals surface area contributed by atoms with Gasteiger partial charge in [0.15, 0.2) is 0 Å². The van der Waals surface area contributed by atoms with Crippen LogP contribution in [0.5, 0.6) is 5.75 Å². The Morgan fingerprint density at radius 1 is 1.10 bits per heavy atom. The third kappa shape index (κ3) is 3.00. The third-order valence-corrected chi connectivity index (χ3v) is 6.57. The predicted molar refractivity (Wildman–Crippen MR) is 123 cm³/mol. The molecule has 0 unspecified atom stereocenters. The fourth-order valence-electron chi connectivity index (χ4n) is 5.11. The van der Waals surface area contributed by atoms with Gasteiger partial charge >= 0.3 is 0 Å². The standard InChI is InChI=1S/C25H28N4O/c1-17(21-13-12-18-8-4-5-11-22(18)27(21)2)26-28(3)23-16-19-9-6-14-29-15-7-10-20(24(19)29)25(23)30/h4-5,8,11-13,16H,6-7,9-10,14-15H2,1-3H3/p+1. The molecule has 2 aliphatic heterocycles. The summed E-state index contributed by atoms with van der Waals surface area (Å²) in [7, 11) is 4.01. The number of hydrogen-bond donors (Lipinski definition) is 1. The van der Waals surface area contributed by atoms with Crippen LogP contribution >= 0.6 is 0 Å². The number of phenolic OH excluding ortho intramolecular Hbond substituents is 1. The number of pyridine rings is 1. The lowest BCUT2D eigenvalue weighted by atomic mass is 9.90. The van der Waals surface area contributed by atoms with Crippen LogP contribution in [0.15, 0.2) is 47.6 Å². The van der Waals surface area contributed by atoms with E-state index in [1.54, 1.807) is 0 Å². The van der Waals surface area contributed by atoms with Gasteiger partial charge in [-0.3, -0.25) is 5.01 Å². The normalized spacial score (nSPS) is 16.0. The summed E-state index contributed by atoms with van der Waals surface area (Å²) in [4.78, 5) is 2.45. The molecule has 5 heteroatoms. The molecule has 0 atom stereocenters. The monoisotopic (exact) mass is 401 g/mol. The summed E-state index contributed by atoms with van der Waals surface area (Å²) in [5.74, 6) is 0.391. The number of benzene rings is 2. The van der Waals surface area contributed by atoms with E-state index >= 15 is 0 Å². The van der Waals surface area contributed by atoms with E-state index in [0.717, 1.165) is 55.0 Å². The number of phenols is 1. The van der Waals surface area contributed by atoms with E-state index in [9.17, 15) is 5.11 Å². The largest absolute Gasteiger partial charge is 0.505 e. The van der Waals surface area contributed by atoms with Gasteiger partial charge in [0.05, 0.1) is 0 Å². The molecule has 5 rings (SSSR count). The highest BCUT2D eigenvalue weighted by Gasteiger charge is 2.28. The minimum Gasteiger partial charge on any atom is -0.505 e. The van der Waals surface area contributed by atoms with Crippen molar-refractivity contribution in [2.45, 2.75) is 32.6 Å². The molecule has 0 bridgehead atoms. The molecule has 5 nitrogen and oxygen atoms in total. The Labute approximate surface area is 177 Å². The second-order valence-electron chi connectivity index (χ2n) is 8.47. The molecule has 30 heavy (non-hydrogen) atoms. The van der Waals surface area contributed by atoms with Crippen molar-refractivity contribution in [2.75, 3.05) is 30.0 Å². The molecular weight excluding hydrogens is 372 g/mol. The van der Waals surface area contributed by atoms with Crippen LogP contribution in [-0.2, 0) is 19.9 Å². The SMILES string of the molecule is C/C(=N\N(C)c1cc2c3c(c1O)CCCN3CCC2)c1ccc2ccccc2[n+]1C. The summed E-state index contributed by atoms with van der Waals surface area (Å²) in [5.41, 5.74) is 7.68. The lowest BCUT2D eigenvalue weighted by Crippen LogP contribution is -2.37. The number of hydrazone groups is 1. The van der Waals surface area contributed by atoms with Crippen molar-refractivity contribution >= 4 is 28.0 Å². The van der Waals surface area contributed by atoms with Crippen molar-refractivity contribution in [1.82, 2.24) is 0 Å². The zero-order valence-corrected chi connectivity index (χ0v) is 18.0. The molecule has 0 saturated carbocycles. The fourth-order valence-corrected chi connectivity index (χ4v) is 5.11. The summed E-state index contributed by atoms with van der Waals surface area (Å²) in [6.45, 7) is 4.23. The van der Waals surface area contributed by atoms with Crippen molar-refractivity contribution in [3.05, 3.63) is 59.3 Å². The number of anilines is 2. The van der Waals surface area contributed by atoms with E-state index in [1.807, 2.05) is 19.0 Å². The highest BCUT2D eigenvalue weighted by molar-refractivity contribution is 5.97. The number of nitrogens with zero attached hydrogens (tertiary/aromatic N) is 4. The zero-order chi connectivity index (χ0) is 20.8. The van der Waals surface area contributed by atoms with Gasteiger partial charge in [0.2, 0.25) is 11.2 Å². The summed E-state index contributed by atoms with van der Waals surface area (Å²) in [5, 5.41) is 19.0. The van der Waals surface area contributed by atoms with E-state index < -0.39 is 0 Å². The molecule has 0 radical (unpaired) electrons. The molecule has 0 spiro atoms. The van der Waals surface area contributed by atoms with E-state index in [2.05, 4.69) is 59.0 Å². The van der Waals surface area contributed by atoms with Crippen molar-refractivity contribution < 1.29 is 9.67 Å². The maximum absolute atomic E-state index is 11.1. The smallest absolute Gasteiger partial charge is 0.228 e. The number of rotatable bonds is 3. The molecule has 1 N–H and O–H groups in total. The topological polar surface area (TPSA) is 43.0 Å². The van der Waals surface area contributed by atoms with Gasteiger partial charge in [-0.15, -0.1) is 0 Å². The number of aryl methyl sites for hydroxylation is 2. The summed E-state index contributed by atoms with van der Waals surface area (Å²) in [6.07, 6.45) is 4.29. The van der Waals surface area contributed by atoms with E-state index in [1.165, 1.54) is 28.6 Å². The molecule has 0 amide bonds. The van der Waals surface area contributed by atoms with Crippen molar-refractivity contribution in [3.8, 4) is 5.75 Å². The Morgan fingerprint density at radius 3 is 2.70 bits per heavy atom. The van der Waals surface area contributed by atoms with Gasteiger partial charge in [-0.25, -0.2) is 0 Å². The van der Waals surface area contributed by atoms with Crippen LogP contribution in [-0.4, -0.2) is 31.0 Å². The first-order chi connectivity index (χ1) is 14.5. The Morgan fingerprint density at radius 2 is 1.87 bits per heavy atom. The number of aromatic nitrogens is 1. The van der Waals surface area contributed by atoms with Crippen molar-refractivity contribution in [3.63, 3.8) is 0 Å². The van der Waals surface area contributed by atoms with Crippen LogP contribution in [0, 0.1) is 0 Å². The van der Waals surface area contributed by atoms with Crippen LogP contribution in [0.1, 0.15) is 36.6 Å². The van der Waals surface area contributed by atoms with Gasteiger partial charge in [0.25, 0.3) is 0 Å². The summed E-state index contributed by atoms with van der Waals surface area (Å²) in [6, 6.07) is 14.8. The van der Waals surface area contributed by atoms with Crippen molar-refractivity contribution in [2.24, 2.45) is 12.1 Å². The fraction of sp³-hybridized carbons (Fsp3) is 0.360. The molecule has 154 valence electrons. The molecule has 3 heterocycles. The number of para-hydroxylation sites is 1. The van der Waals surface area contributed by atoms with Crippen molar-refractivity contribution in [1.29, 1.82) is 0 Å². The molecule has 0 fully saturated rings. The van der Waals surface area contributed by atoms with Crippen LogP contribution in [0.2, 0.25) is 0 Å². The van der Waals surface area contributed by atoms with Crippen LogP contribution in [0.25, 0.3) is 10.9 Å². The van der Waals surface area contributed by atoms with Crippen LogP contribution in [0.4, 0.5) is 11.4 Å². The predicted octanol–water partition coefficient (Wildman–Crippen LogP) is 3.93. The minimum absolute atomic E-state index is 0.391. The first-order valence-corrected chi connectivity index (χ1v) is 10.8. The minimum atomic E-state index is 0.391. The lowest BCUT2D eigenvalue weighted by molar-refractivity contribution is -0.646. The number of hydrogen-bond acceptors (Lipinski definition) is 4. The van der Waals surface area contributed by atoms with E-state index in [-0.39, 0.29) is 0 Å². The molecule has 0 aliphatic carbocycles. The molecule has 1 aromatic heterocycles. The van der Waals surface area contributed by atoms with Gasteiger partial charge in [-0.2, -0.15) is 9.67 Å². The van der Waals surface area contributed by atoms with Gasteiger partial charge in [0, 0.05) is 48.9 Å². The number of fused-ring (bicyclic) bond motifs is 1. The molecule has 2 aliphatic rings. The molecule has 2 aromatic carbocycles. The maximum Gasteiger partial charge on any atom is 0.228 e. The van der Waals surface area contributed by atoms with Crippen LogP contribution in [0.3, 0.4) is 0 Å². The average Bonchev–Trinajstić information content (AvgIpc) is 2.76. The summed E-state index contributed by atoms with van der Waals surface area (Å²) >= 11 is 0. The van der Waals surface area contributed by atoms with Gasteiger partial charge in [-0.1, -0.05) is 12.1 Å². The van der Waals surface area contributed by atoms with Gasteiger partial charge < -0.3 is 10.0 Å². The lowest BCUT2D eigenvalue weighted by Gasteiger charge is -2.38. The van der Waals surface area contributed by atoms with Crippen LogP contribution < -0.4 is 14.5 Å². The Bertz CT molecular complexity index is 1170. The zero-order valence-electron chi connectivity index (χ0n) is 18.0. The van der Waals surface area contributed by atoms with Gasteiger partial charge in [0.1, 0.15) is 24.2 Å². The Kier molecular flexibility index (Phi) is 4.61. The van der Waals surface area contributed by atoms with E-state index in [4.69, 9.17) is 5.10 Å². The number of aromatic hydroxyl groups is 1. The second kappa shape index (κ2) is 7.31. The Balaban J connectivity index is 1.55. The quantitative estimate of drug-likeness (QED) is 0.411. The molecule has 0 saturated heterocycles. The highest BCUT2D eigenvalue weighted by atomic mass is 16.3.